The van der Waals surface area contributed by atoms with Crippen LogP contribution in [0, 0.1) is 6.92 Å². The number of oxime groups is 1. The summed E-state index contributed by atoms with van der Waals surface area (Å²) in [6.07, 6.45) is 1.46. The average molecular weight is 327 g/mol. The fraction of sp³-hybridized carbons (Fsp3) is 0.250. The van der Waals surface area contributed by atoms with E-state index in [-0.39, 0.29) is 0 Å². The highest BCUT2D eigenvalue weighted by molar-refractivity contribution is 6.47. The summed E-state index contributed by atoms with van der Waals surface area (Å²) in [5.74, 6) is 1.50. The molecule has 1 aromatic heterocycles. The molecule has 124 valence electrons. The molecule has 0 atom stereocenters. The third-order valence-corrected chi connectivity index (χ3v) is 3.17. The Morgan fingerprint density at radius 2 is 2.17 bits per heavy atom. The molecular formula is C16H17N5O3. The fourth-order valence-electron chi connectivity index (χ4n) is 2.14. The van der Waals surface area contributed by atoms with E-state index in [2.05, 4.69) is 25.6 Å². The Balaban J connectivity index is 1.97. The Kier molecular flexibility index (Phi) is 4.97. The molecule has 2 aromatic rings. The van der Waals surface area contributed by atoms with Gasteiger partial charge in [0.1, 0.15) is 19.2 Å². The summed E-state index contributed by atoms with van der Waals surface area (Å²) in [5, 5.41) is 4.07. The van der Waals surface area contributed by atoms with E-state index in [1.165, 1.54) is 13.4 Å². The molecule has 8 heteroatoms. The zero-order valence-electron chi connectivity index (χ0n) is 13.4. The van der Waals surface area contributed by atoms with Gasteiger partial charge in [-0.2, -0.15) is 0 Å². The molecule has 1 aromatic carbocycles. The van der Waals surface area contributed by atoms with Crippen LogP contribution in [0.15, 0.2) is 46.8 Å². The third-order valence-electron chi connectivity index (χ3n) is 3.17. The predicted molar refractivity (Wildman–Crippen MR) is 88.2 cm³/mol. The normalized spacial score (nSPS) is 14.6. The molecule has 1 aliphatic rings. The van der Waals surface area contributed by atoms with Gasteiger partial charge < -0.3 is 9.57 Å². The number of hydrogen-bond acceptors (Lipinski definition) is 8. The van der Waals surface area contributed by atoms with Crippen molar-refractivity contribution in [2.24, 2.45) is 10.1 Å². The highest BCUT2D eigenvalue weighted by Crippen LogP contribution is 2.25. The number of benzene rings is 1. The van der Waals surface area contributed by atoms with E-state index in [0.29, 0.717) is 41.9 Å². The van der Waals surface area contributed by atoms with Crippen LogP contribution in [0.5, 0.6) is 11.6 Å². The van der Waals surface area contributed by atoms with Gasteiger partial charge in [0.25, 0.3) is 0 Å². The molecule has 0 saturated carbocycles. The van der Waals surface area contributed by atoms with Crippen LogP contribution in [-0.2, 0) is 9.68 Å². The first-order chi connectivity index (χ1) is 11.8. The van der Waals surface area contributed by atoms with Crippen LogP contribution >= 0.6 is 0 Å². The van der Waals surface area contributed by atoms with Crippen molar-refractivity contribution in [1.29, 1.82) is 0 Å². The van der Waals surface area contributed by atoms with Crippen molar-refractivity contribution in [3.05, 3.63) is 47.9 Å². The lowest BCUT2D eigenvalue weighted by Gasteiger charge is -2.17. The molecule has 1 aliphatic heterocycles. The summed E-state index contributed by atoms with van der Waals surface area (Å²) in [5.41, 5.74) is 4.76. The van der Waals surface area contributed by atoms with E-state index >= 15 is 0 Å². The summed E-state index contributed by atoms with van der Waals surface area (Å²) in [4.78, 5) is 22.7. The van der Waals surface area contributed by atoms with Crippen LogP contribution in [0.4, 0.5) is 0 Å². The van der Waals surface area contributed by atoms with Crippen molar-refractivity contribution < 1.29 is 14.4 Å². The van der Waals surface area contributed by atoms with Crippen LogP contribution in [0.1, 0.15) is 11.3 Å². The number of nitrogens with one attached hydrogen (secondary N) is 1. The van der Waals surface area contributed by atoms with Gasteiger partial charge in [-0.3, -0.25) is 9.83 Å². The second kappa shape index (κ2) is 7.51. The van der Waals surface area contributed by atoms with E-state index in [0.717, 1.165) is 5.69 Å². The highest BCUT2D eigenvalue weighted by Gasteiger charge is 2.20. The van der Waals surface area contributed by atoms with Crippen LogP contribution < -0.4 is 10.2 Å². The minimum atomic E-state index is 0.446. The number of nitrogens with zero attached hydrogens (tertiary/aromatic N) is 4. The maximum atomic E-state index is 5.90. The van der Waals surface area contributed by atoms with E-state index in [1.54, 1.807) is 6.07 Å². The van der Waals surface area contributed by atoms with Crippen molar-refractivity contribution in [3.8, 4) is 11.6 Å². The molecule has 2 heterocycles. The highest BCUT2D eigenvalue weighted by atomic mass is 16.6. The number of rotatable bonds is 5. The Morgan fingerprint density at radius 3 is 2.92 bits per heavy atom. The lowest BCUT2D eigenvalue weighted by molar-refractivity contribution is 0.0836. The molecule has 0 aliphatic carbocycles. The van der Waals surface area contributed by atoms with Crippen molar-refractivity contribution in [2.75, 3.05) is 20.3 Å². The number of aliphatic imine (C=N–C) groups is 1. The van der Waals surface area contributed by atoms with Gasteiger partial charge in [-0.25, -0.2) is 15.4 Å². The van der Waals surface area contributed by atoms with Gasteiger partial charge in [-0.05, 0) is 19.1 Å². The molecule has 24 heavy (non-hydrogen) atoms. The molecule has 8 nitrogen and oxygen atoms in total. The number of hydroxylamine groups is 1. The van der Waals surface area contributed by atoms with Gasteiger partial charge in [-0.1, -0.05) is 17.3 Å². The summed E-state index contributed by atoms with van der Waals surface area (Å²) >= 11 is 0. The molecule has 1 N–H and O–H groups in total. The van der Waals surface area contributed by atoms with E-state index in [1.807, 2.05) is 31.2 Å². The SMILES string of the molecule is CON=C(C1=NCCON1)c1ccccc1Oc1cc(C)ncn1. The molecule has 0 bridgehead atoms. The van der Waals surface area contributed by atoms with Gasteiger partial charge in [0.2, 0.25) is 5.88 Å². The minimum Gasteiger partial charge on any atom is -0.438 e. The minimum absolute atomic E-state index is 0.446. The molecule has 0 fully saturated rings. The quantitative estimate of drug-likeness (QED) is 0.666. The second-order valence-electron chi connectivity index (χ2n) is 4.90. The van der Waals surface area contributed by atoms with Crippen LogP contribution in [0.3, 0.4) is 0 Å². The zero-order chi connectivity index (χ0) is 16.8. The lowest BCUT2D eigenvalue weighted by Crippen LogP contribution is -2.37. The Labute approximate surface area is 139 Å². The Hall–Kier alpha value is -3.00. The molecule has 0 amide bonds. The van der Waals surface area contributed by atoms with E-state index in [4.69, 9.17) is 14.4 Å². The van der Waals surface area contributed by atoms with Gasteiger partial charge in [-0.15, -0.1) is 0 Å². The maximum Gasteiger partial charge on any atom is 0.222 e. The van der Waals surface area contributed by atoms with E-state index in [9.17, 15) is 0 Å². The van der Waals surface area contributed by atoms with Crippen LogP contribution in [0.25, 0.3) is 0 Å². The molecular weight excluding hydrogens is 310 g/mol. The number of aryl methyl sites for hydroxylation is 1. The predicted octanol–water partition coefficient (Wildman–Crippen LogP) is 1.86. The number of hydrogen-bond donors (Lipinski definition) is 1. The summed E-state index contributed by atoms with van der Waals surface area (Å²) in [6.45, 7) is 2.91. The van der Waals surface area contributed by atoms with Crippen molar-refractivity contribution in [1.82, 2.24) is 15.4 Å². The van der Waals surface area contributed by atoms with Gasteiger partial charge in [0, 0.05) is 11.8 Å². The van der Waals surface area contributed by atoms with Crippen molar-refractivity contribution >= 4 is 11.5 Å². The smallest absolute Gasteiger partial charge is 0.222 e. The van der Waals surface area contributed by atoms with Gasteiger partial charge >= 0.3 is 0 Å². The van der Waals surface area contributed by atoms with Gasteiger partial charge in [0.15, 0.2) is 11.5 Å². The number of amidine groups is 1. The fourth-order valence-corrected chi connectivity index (χ4v) is 2.14. The average Bonchev–Trinajstić information content (AvgIpc) is 2.61. The first-order valence-corrected chi connectivity index (χ1v) is 7.37. The standard InChI is InChI=1S/C16H17N5O3/c1-11-9-14(19-10-18-11)24-13-6-4-3-5-12(13)15(20-22-2)16-17-7-8-23-21-16/h3-6,9-10H,7-8H2,1-2H3,(H,17,21). The first kappa shape index (κ1) is 15.9. The van der Waals surface area contributed by atoms with Crippen molar-refractivity contribution in [2.45, 2.75) is 6.92 Å². The maximum absolute atomic E-state index is 5.90. The first-order valence-electron chi connectivity index (χ1n) is 7.37. The summed E-state index contributed by atoms with van der Waals surface area (Å²) in [6, 6.07) is 9.18. The zero-order valence-corrected chi connectivity index (χ0v) is 13.4. The van der Waals surface area contributed by atoms with Crippen LogP contribution in [-0.4, -0.2) is 41.8 Å². The third kappa shape index (κ3) is 3.66. The summed E-state index contributed by atoms with van der Waals surface area (Å²) < 4.78 is 5.90. The summed E-state index contributed by atoms with van der Waals surface area (Å²) in [7, 11) is 1.47. The second-order valence-corrected chi connectivity index (χ2v) is 4.90. The monoisotopic (exact) mass is 327 g/mol. The van der Waals surface area contributed by atoms with Gasteiger partial charge in [0.05, 0.1) is 18.7 Å². The van der Waals surface area contributed by atoms with Crippen molar-refractivity contribution in [3.63, 3.8) is 0 Å². The molecule has 0 saturated heterocycles. The molecule has 0 radical (unpaired) electrons. The van der Waals surface area contributed by atoms with E-state index < -0.39 is 0 Å². The Morgan fingerprint density at radius 1 is 1.29 bits per heavy atom. The molecule has 3 rings (SSSR count). The van der Waals surface area contributed by atoms with Crippen LogP contribution in [0.2, 0.25) is 0 Å². The molecule has 0 spiro atoms. The number of aromatic nitrogens is 2. The number of para-hydroxylation sites is 1. The largest absolute Gasteiger partial charge is 0.438 e. The topological polar surface area (TPSA) is 90.2 Å². The number of ether oxygens (including phenoxy) is 1. The molecule has 0 unspecified atom stereocenters. The Bertz CT molecular complexity index is 776. The lowest BCUT2D eigenvalue weighted by atomic mass is 10.1.